The number of hydrogen-bond acceptors (Lipinski definition) is 4. The molecule has 0 saturated heterocycles. The lowest BCUT2D eigenvalue weighted by molar-refractivity contribution is 0.188. The molecule has 376 valence electrons. The zero-order valence-corrected chi connectivity index (χ0v) is 43.9. The summed E-state index contributed by atoms with van der Waals surface area (Å²) in [5.41, 5.74) is 12.4. The Morgan fingerprint density at radius 2 is 0.628 bits per heavy atom. The molecule has 0 spiro atoms. The molecule has 0 bridgehead atoms. The molecule has 4 heteroatoms. The van der Waals surface area contributed by atoms with Crippen LogP contribution < -0.4 is 0 Å². The summed E-state index contributed by atoms with van der Waals surface area (Å²) >= 11 is 0. The fourth-order valence-electron chi connectivity index (χ4n) is 12.2. The molecule has 13 rings (SSSR count). The van der Waals surface area contributed by atoms with E-state index in [0.29, 0.717) is 11.1 Å². The first-order chi connectivity index (χ1) is 38.2. The number of aromatic hydroxyl groups is 2. The SMILES string of the molecule is C[C@]1(N=Cc2cc3ccccc3c(-c3c(-c4ccc(-c5ccccc5)cc4)ccc4ccccc34)c2O)CCCC[C@]1(C)N=Cc1cc2ccccc2c(-c2c(-c3ccc(-c4ccccc4)cc3)ccc3ccccc23)c1O. The van der Waals surface area contributed by atoms with Crippen molar-refractivity contribution in [2.24, 2.45) is 9.98 Å². The minimum atomic E-state index is -0.644. The van der Waals surface area contributed by atoms with Crippen LogP contribution in [0.1, 0.15) is 50.7 Å². The van der Waals surface area contributed by atoms with Gasteiger partial charge in [0.1, 0.15) is 11.5 Å². The number of fused-ring (bicyclic) bond motifs is 4. The average Bonchev–Trinajstić information content (AvgIpc) is 3.55. The van der Waals surface area contributed by atoms with Gasteiger partial charge >= 0.3 is 0 Å². The second kappa shape index (κ2) is 20.0. The summed E-state index contributed by atoms with van der Waals surface area (Å²) in [7, 11) is 0. The molecule has 78 heavy (non-hydrogen) atoms. The van der Waals surface area contributed by atoms with E-state index in [2.05, 4.69) is 232 Å². The van der Waals surface area contributed by atoms with Gasteiger partial charge in [0.05, 0.1) is 11.1 Å². The zero-order valence-electron chi connectivity index (χ0n) is 43.9. The Morgan fingerprint density at radius 3 is 1.01 bits per heavy atom. The highest BCUT2D eigenvalue weighted by atomic mass is 16.3. The van der Waals surface area contributed by atoms with E-state index < -0.39 is 11.1 Å². The van der Waals surface area contributed by atoms with Gasteiger partial charge in [-0.05, 0) is 126 Å². The Bertz CT molecular complexity index is 4020. The van der Waals surface area contributed by atoms with Gasteiger partial charge in [-0.3, -0.25) is 9.98 Å². The van der Waals surface area contributed by atoms with Gasteiger partial charge in [-0.2, -0.15) is 0 Å². The van der Waals surface area contributed by atoms with Gasteiger partial charge in [0, 0.05) is 45.8 Å². The highest BCUT2D eigenvalue weighted by Gasteiger charge is 2.46. The first kappa shape index (κ1) is 48.3. The number of rotatable bonds is 10. The normalized spacial score (nSPS) is 16.7. The predicted molar refractivity (Wildman–Crippen MR) is 329 cm³/mol. The number of aliphatic imine (C=N–C) groups is 2. The van der Waals surface area contributed by atoms with Gasteiger partial charge in [0.2, 0.25) is 0 Å². The highest BCUT2D eigenvalue weighted by Crippen LogP contribution is 2.50. The Hall–Kier alpha value is -9.38. The van der Waals surface area contributed by atoms with Crippen LogP contribution in [0.3, 0.4) is 0 Å². The number of phenolic OH excluding ortho intramolecular Hbond substituents is 2. The molecular formula is C74H58N2O2. The molecule has 2 atom stereocenters. The molecule has 1 saturated carbocycles. The van der Waals surface area contributed by atoms with Crippen molar-refractivity contribution in [3.8, 4) is 78.3 Å². The zero-order chi connectivity index (χ0) is 52.8. The van der Waals surface area contributed by atoms with E-state index in [0.717, 1.165) is 124 Å². The van der Waals surface area contributed by atoms with Crippen molar-refractivity contribution in [2.45, 2.75) is 50.6 Å². The van der Waals surface area contributed by atoms with Crippen LogP contribution in [0, 0.1) is 0 Å². The van der Waals surface area contributed by atoms with E-state index in [1.165, 1.54) is 11.1 Å². The molecule has 0 unspecified atom stereocenters. The molecule has 0 heterocycles. The Labute approximate surface area is 456 Å². The predicted octanol–water partition coefficient (Wildman–Crippen LogP) is 19.3. The molecule has 0 aromatic heterocycles. The van der Waals surface area contributed by atoms with Crippen LogP contribution >= 0.6 is 0 Å². The Balaban J connectivity index is 0.907. The summed E-state index contributed by atoms with van der Waals surface area (Å²) in [5, 5.41) is 34.0. The summed E-state index contributed by atoms with van der Waals surface area (Å²) < 4.78 is 0. The van der Waals surface area contributed by atoms with Crippen molar-refractivity contribution in [3.05, 3.63) is 254 Å². The minimum Gasteiger partial charge on any atom is -0.507 e. The first-order valence-corrected chi connectivity index (χ1v) is 27.2. The minimum absolute atomic E-state index is 0.189. The van der Waals surface area contributed by atoms with E-state index in [-0.39, 0.29) is 11.5 Å². The lowest BCUT2D eigenvalue weighted by atomic mass is 9.69. The first-order valence-electron chi connectivity index (χ1n) is 27.2. The third kappa shape index (κ3) is 8.60. The molecule has 0 aliphatic heterocycles. The molecule has 4 nitrogen and oxygen atoms in total. The van der Waals surface area contributed by atoms with Crippen LogP contribution in [0.5, 0.6) is 11.5 Å². The molecule has 12 aromatic rings. The van der Waals surface area contributed by atoms with Crippen LogP contribution in [0.2, 0.25) is 0 Å². The van der Waals surface area contributed by atoms with Crippen LogP contribution in [0.4, 0.5) is 0 Å². The molecule has 1 fully saturated rings. The maximum atomic E-state index is 12.9. The molecule has 0 radical (unpaired) electrons. The van der Waals surface area contributed by atoms with Crippen molar-refractivity contribution in [1.29, 1.82) is 0 Å². The molecule has 1 aliphatic rings. The molecular weight excluding hydrogens is 949 g/mol. The van der Waals surface area contributed by atoms with Gasteiger partial charge in [0.15, 0.2) is 0 Å². The Kier molecular flexibility index (Phi) is 12.4. The van der Waals surface area contributed by atoms with Crippen LogP contribution in [0.15, 0.2) is 253 Å². The topological polar surface area (TPSA) is 65.2 Å². The summed E-state index contributed by atoms with van der Waals surface area (Å²) in [6.07, 6.45) is 7.40. The summed E-state index contributed by atoms with van der Waals surface area (Å²) in [6.45, 7) is 4.41. The number of phenols is 2. The lowest BCUT2D eigenvalue weighted by Gasteiger charge is -2.44. The molecule has 2 N–H and O–H groups in total. The van der Waals surface area contributed by atoms with Crippen LogP contribution in [-0.2, 0) is 0 Å². The molecule has 12 aromatic carbocycles. The monoisotopic (exact) mass is 1010 g/mol. The van der Waals surface area contributed by atoms with Gasteiger partial charge in [-0.15, -0.1) is 0 Å². The number of hydrogen-bond donors (Lipinski definition) is 2. The fraction of sp³-hybridized carbons (Fsp3) is 0.108. The lowest BCUT2D eigenvalue weighted by Crippen LogP contribution is -2.49. The largest absolute Gasteiger partial charge is 0.507 e. The second-order valence-corrected chi connectivity index (χ2v) is 21.4. The van der Waals surface area contributed by atoms with Crippen molar-refractivity contribution in [1.82, 2.24) is 0 Å². The van der Waals surface area contributed by atoms with Crippen molar-refractivity contribution in [2.75, 3.05) is 0 Å². The smallest absolute Gasteiger partial charge is 0.132 e. The second-order valence-electron chi connectivity index (χ2n) is 21.4. The summed E-state index contributed by atoms with van der Waals surface area (Å²) in [5.74, 6) is 0.378. The van der Waals surface area contributed by atoms with E-state index in [9.17, 15) is 10.2 Å². The summed E-state index contributed by atoms with van der Waals surface area (Å²) in [6, 6.07) is 84.9. The third-order valence-corrected chi connectivity index (χ3v) is 16.8. The third-order valence-electron chi connectivity index (χ3n) is 16.8. The van der Waals surface area contributed by atoms with E-state index >= 15 is 0 Å². The van der Waals surface area contributed by atoms with E-state index in [1.54, 1.807) is 0 Å². The van der Waals surface area contributed by atoms with Gasteiger partial charge in [0.25, 0.3) is 0 Å². The standard InChI is InChI=1S/C74H58N2O2/c1-73(75-47-59-45-57-25-11-15-29-63(57)69(71(59)77)67-61-27-13-9-23-53(61)39-41-65(67)55-35-31-51(32-36-55)49-19-5-3-6-20-49)43-17-18-44-74(73,2)76-48-60-46-58-26-12-16-30-64(58)70(72(60)78)68-62-28-14-10-24-54(62)40-42-66(68)56-37-33-52(34-38-56)50-21-7-4-8-22-50/h3-16,19-42,45-48,77-78H,17-18,43-44H2,1-2H3/t73-,74-/m0/s1. The quantitative estimate of drug-likeness (QED) is 0.134. The number of nitrogens with zero attached hydrogens (tertiary/aromatic N) is 2. The maximum Gasteiger partial charge on any atom is 0.132 e. The average molecular weight is 1010 g/mol. The van der Waals surface area contributed by atoms with Crippen molar-refractivity contribution < 1.29 is 10.2 Å². The maximum absolute atomic E-state index is 12.9. The van der Waals surface area contributed by atoms with E-state index in [4.69, 9.17) is 9.98 Å². The van der Waals surface area contributed by atoms with Gasteiger partial charge < -0.3 is 10.2 Å². The van der Waals surface area contributed by atoms with Gasteiger partial charge in [-0.25, -0.2) is 0 Å². The van der Waals surface area contributed by atoms with Crippen LogP contribution in [0.25, 0.3) is 110 Å². The summed E-state index contributed by atoms with van der Waals surface area (Å²) in [4.78, 5) is 11.0. The van der Waals surface area contributed by atoms with Crippen molar-refractivity contribution in [3.63, 3.8) is 0 Å². The van der Waals surface area contributed by atoms with Crippen LogP contribution in [-0.4, -0.2) is 33.7 Å². The fourth-order valence-corrected chi connectivity index (χ4v) is 12.2. The Morgan fingerprint density at radius 1 is 0.321 bits per heavy atom. The number of benzene rings is 12. The molecule has 0 amide bonds. The van der Waals surface area contributed by atoms with E-state index in [1.807, 2.05) is 36.7 Å². The highest BCUT2D eigenvalue weighted by molar-refractivity contribution is 6.16. The van der Waals surface area contributed by atoms with Crippen molar-refractivity contribution >= 4 is 55.5 Å². The van der Waals surface area contributed by atoms with Gasteiger partial charge in [-0.1, -0.05) is 243 Å². The molecule has 1 aliphatic carbocycles.